The van der Waals surface area contributed by atoms with Crippen LogP contribution in [0.3, 0.4) is 0 Å². The molecule has 1 aromatic rings. The molecule has 2 atom stereocenters. The highest BCUT2D eigenvalue weighted by atomic mass is 19.1. The molecule has 0 spiro atoms. The van der Waals surface area contributed by atoms with Gasteiger partial charge in [-0.05, 0) is 36.5 Å². The van der Waals surface area contributed by atoms with Crippen LogP contribution < -0.4 is 11.5 Å². The van der Waals surface area contributed by atoms with Crippen molar-refractivity contribution >= 4 is 5.91 Å². The number of aryl methyl sites for hydroxylation is 1. The van der Waals surface area contributed by atoms with Crippen LogP contribution in [0.1, 0.15) is 36.9 Å². The van der Waals surface area contributed by atoms with Gasteiger partial charge >= 0.3 is 0 Å². The van der Waals surface area contributed by atoms with E-state index in [0.29, 0.717) is 18.4 Å². The molecule has 0 aliphatic carbocycles. The summed E-state index contributed by atoms with van der Waals surface area (Å²) in [6, 6.07) is 4.66. The zero-order valence-corrected chi connectivity index (χ0v) is 10.2. The Bertz CT molecular complexity index is 406. The van der Waals surface area contributed by atoms with Crippen molar-refractivity contribution in [2.75, 3.05) is 0 Å². The molecule has 4 N–H and O–H groups in total. The maximum atomic E-state index is 13.1. The second-order valence-electron chi connectivity index (χ2n) is 4.63. The fourth-order valence-corrected chi connectivity index (χ4v) is 1.89. The normalized spacial score (nSPS) is 14.4. The summed E-state index contributed by atoms with van der Waals surface area (Å²) in [5, 5.41) is 0. The number of hydrogen-bond donors (Lipinski definition) is 2. The minimum absolute atomic E-state index is 0.132. The average Bonchev–Trinajstić information content (AvgIpc) is 2.20. The maximum Gasteiger partial charge on any atom is 0.217 e. The van der Waals surface area contributed by atoms with Gasteiger partial charge in [0.25, 0.3) is 0 Å². The molecule has 1 rings (SSSR count). The molecule has 1 aromatic carbocycles. The van der Waals surface area contributed by atoms with Gasteiger partial charge in [0.1, 0.15) is 5.82 Å². The molecular weight excluding hydrogens is 219 g/mol. The van der Waals surface area contributed by atoms with E-state index in [9.17, 15) is 9.18 Å². The van der Waals surface area contributed by atoms with E-state index in [1.54, 1.807) is 19.1 Å². The van der Waals surface area contributed by atoms with Gasteiger partial charge in [-0.1, -0.05) is 19.1 Å². The Hall–Kier alpha value is -1.42. The first-order valence-electron chi connectivity index (χ1n) is 5.70. The molecule has 0 bridgehead atoms. The van der Waals surface area contributed by atoms with E-state index in [-0.39, 0.29) is 23.7 Å². The van der Waals surface area contributed by atoms with E-state index in [2.05, 4.69) is 0 Å². The number of benzene rings is 1. The highest BCUT2D eigenvalue weighted by Crippen LogP contribution is 2.22. The first kappa shape index (κ1) is 13.6. The van der Waals surface area contributed by atoms with Crippen molar-refractivity contribution in [3.63, 3.8) is 0 Å². The molecule has 0 saturated heterocycles. The molecule has 94 valence electrons. The van der Waals surface area contributed by atoms with Gasteiger partial charge in [0, 0.05) is 12.5 Å². The van der Waals surface area contributed by atoms with Crippen molar-refractivity contribution in [3.8, 4) is 0 Å². The van der Waals surface area contributed by atoms with E-state index in [4.69, 9.17) is 11.5 Å². The molecular formula is C13H19FN2O. The third-order valence-corrected chi connectivity index (χ3v) is 2.82. The Labute approximate surface area is 101 Å². The first-order chi connectivity index (χ1) is 7.90. The number of nitrogens with two attached hydrogens (primary N) is 2. The Morgan fingerprint density at radius 3 is 2.65 bits per heavy atom. The van der Waals surface area contributed by atoms with Crippen LogP contribution in [0.5, 0.6) is 0 Å². The minimum atomic E-state index is -0.319. The molecule has 17 heavy (non-hydrogen) atoms. The summed E-state index contributed by atoms with van der Waals surface area (Å²) in [4.78, 5) is 10.8. The number of primary amides is 1. The summed E-state index contributed by atoms with van der Waals surface area (Å²) in [5.41, 5.74) is 12.6. The maximum absolute atomic E-state index is 13.1. The molecule has 0 fully saturated rings. The lowest BCUT2D eigenvalue weighted by Crippen LogP contribution is -2.19. The number of carbonyl (C=O) groups excluding carboxylic acids is 1. The summed E-state index contributed by atoms with van der Waals surface area (Å²) in [7, 11) is 0. The topological polar surface area (TPSA) is 69.1 Å². The number of amides is 1. The summed E-state index contributed by atoms with van der Waals surface area (Å²) in [6.45, 7) is 3.64. The van der Waals surface area contributed by atoms with E-state index in [1.165, 1.54) is 6.07 Å². The van der Waals surface area contributed by atoms with Crippen molar-refractivity contribution in [2.45, 2.75) is 32.7 Å². The van der Waals surface area contributed by atoms with Gasteiger partial charge in [-0.15, -0.1) is 0 Å². The Kier molecular flexibility index (Phi) is 4.63. The SMILES string of the molecule is Cc1cc(C(N)CC(C)CC(N)=O)ccc1F. The van der Waals surface area contributed by atoms with Gasteiger partial charge in [0.15, 0.2) is 0 Å². The fraction of sp³-hybridized carbons (Fsp3) is 0.462. The lowest BCUT2D eigenvalue weighted by Gasteiger charge is -2.17. The minimum Gasteiger partial charge on any atom is -0.370 e. The van der Waals surface area contributed by atoms with Crippen LogP contribution in [0.4, 0.5) is 4.39 Å². The van der Waals surface area contributed by atoms with Crippen LogP contribution in [0.25, 0.3) is 0 Å². The molecule has 0 radical (unpaired) electrons. The van der Waals surface area contributed by atoms with Crippen molar-refractivity contribution in [3.05, 3.63) is 35.1 Å². The lowest BCUT2D eigenvalue weighted by molar-refractivity contribution is -0.118. The summed E-state index contributed by atoms with van der Waals surface area (Å²) in [6.07, 6.45) is 0.988. The molecule has 0 aliphatic rings. The van der Waals surface area contributed by atoms with Crippen LogP contribution in [-0.4, -0.2) is 5.91 Å². The summed E-state index contributed by atoms with van der Waals surface area (Å²) in [5.74, 6) is -0.418. The highest BCUT2D eigenvalue weighted by molar-refractivity contribution is 5.73. The first-order valence-corrected chi connectivity index (χ1v) is 5.70. The molecule has 0 saturated carbocycles. The third-order valence-electron chi connectivity index (χ3n) is 2.82. The number of carbonyl (C=O) groups is 1. The van der Waals surface area contributed by atoms with Crippen molar-refractivity contribution in [1.29, 1.82) is 0 Å². The Balaban J connectivity index is 2.66. The molecule has 1 amide bonds. The van der Waals surface area contributed by atoms with E-state index >= 15 is 0 Å². The average molecular weight is 238 g/mol. The molecule has 0 aromatic heterocycles. The van der Waals surface area contributed by atoms with Gasteiger partial charge in [-0.2, -0.15) is 0 Å². The van der Waals surface area contributed by atoms with Crippen LogP contribution in [0.15, 0.2) is 18.2 Å². The van der Waals surface area contributed by atoms with Crippen molar-refractivity contribution in [1.82, 2.24) is 0 Å². The number of rotatable bonds is 5. The second kappa shape index (κ2) is 5.77. The second-order valence-corrected chi connectivity index (χ2v) is 4.63. The van der Waals surface area contributed by atoms with Gasteiger partial charge in [0.2, 0.25) is 5.91 Å². The standard InChI is InChI=1S/C13H19FN2O/c1-8(6-13(16)17)5-12(15)10-3-4-11(14)9(2)7-10/h3-4,7-8,12H,5-6,15H2,1-2H3,(H2,16,17). The van der Waals surface area contributed by atoms with Gasteiger partial charge in [-0.3, -0.25) is 4.79 Å². The van der Waals surface area contributed by atoms with E-state index in [0.717, 1.165) is 5.56 Å². The Morgan fingerprint density at radius 1 is 1.47 bits per heavy atom. The molecule has 0 heterocycles. The predicted octanol–water partition coefficient (Wildman–Crippen LogP) is 2.04. The monoisotopic (exact) mass is 238 g/mol. The summed E-state index contributed by atoms with van der Waals surface area (Å²) >= 11 is 0. The summed E-state index contributed by atoms with van der Waals surface area (Å²) < 4.78 is 13.1. The quantitative estimate of drug-likeness (QED) is 0.824. The van der Waals surface area contributed by atoms with Gasteiger partial charge in [-0.25, -0.2) is 4.39 Å². The van der Waals surface area contributed by atoms with Crippen molar-refractivity contribution < 1.29 is 9.18 Å². The zero-order valence-electron chi connectivity index (χ0n) is 10.2. The van der Waals surface area contributed by atoms with Crippen LogP contribution in [0.2, 0.25) is 0 Å². The smallest absolute Gasteiger partial charge is 0.217 e. The lowest BCUT2D eigenvalue weighted by atomic mass is 9.93. The number of hydrogen-bond acceptors (Lipinski definition) is 2. The van der Waals surface area contributed by atoms with Crippen molar-refractivity contribution in [2.24, 2.45) is 17.4 Å². The van der Waals surface area contributed by atoms with Crippen LogP contribution in [-0.2, 0) is 4.79 Å². The Morgan fingerprint density at radius 2 is 2.12 bits per heavy atom. The van der Waals surface area contributed by atoms with Gasteiger partial charge in [0.05, 0.1) is 0 Å². The van der Waals surface area contributed by atoms with E-state index < -0.39 is 0 Å². The zero-order chi connectivity index (χ0) is 13.0. The molecule has 3 nitrogen and oxygen atoms in total. The fourth-order valence-electron chi connectivity index (χ4n) is 1.89. The molecule has 0 aliphatic heterocycles. The predicted molar refractivity (Wildman–Crippen MR) is 65.7 cm³/mol. The van der Waals surface area contributed by atoms with E-state index in [1.807, 2.05) is 6.92 Å². The molecule has 2 unspecified atom stereocenters. The van der Waals surface area contributed by atoms with Crippen LogP contribution >= 0.6 is 0 Å². The highest BCUT2D eigenvalue weighted by Gasteiger charge is 2.13. The van der Waals surface area contributed by atoms with Gasteiger partial charge < -0.3 is 11.5 Å². The number of halogens is 1. The molecule has 4 heteroatoms. The third kappa shape index (κ3) is 4.15. The largest absolute Gasteiger partial charge is 0.370 e. The van der Waals surface area contributed by atoms with Crippen LogP contribution in [0, 0.1) is 18.7 Å².